The molecule has 0 aliphatic carbocycles. The van der Waals surface area contributed by atoms with Crippen molar-refractivity contribution >= 4 is 16.5 Å². The third-order valence-electron chi connectivity index (χ3n) is 3.99. The molecule has 2 aromatic heterocycles. The molecule has 0 saturated heterocycles. The van der Waals surface area contributed by atoms with E-state index < -0.39 is 0 Å². The van der Waals surface area contributed by atoms with Crippen LogP contribution < -0.4 is 5.32 Å². The topological polar surface area (TPSA) is 55.6 Å². The van der Waals surface area contributed by atoms with Crippen molar-refractivity contribution < 1.29 is 0 Å². The lowest BCUT2D eigenvalue weighted by Crippen LogP contribution is -2.06. The molecule has 0 fully saturated rings. The Bertz CT molecular complexity index is 930. The third-order valence-corrected chi connectivity index (χ3v) is 4.76. The van der Waals surface area contributed by atoms with Crippen molar-refractivity contribution in [3.05, 3.63) is 78.2 Å². The minimum Gasteiger partial charge on any atom is -0.355 e. The predicted octanol–water partition coefficient (Wildman–Crippen LogP) is 4.56. The summed E-state index contributed by atoms with van der Waals surface area (Å²) in [5.74, 6) is 0. The summed E-state index contributed by atoms with van der Waals surface area (Å²) in [6.45, 7) is 2.13. The molecular formula is C19H17N5S. The average molecular weight is 347 g/mol. The zero-order chi connectivity index (χ0) is 17.1. The Hall–Kier alpha value is -2.99. The summed E-state index contributed by atoms with van der Waals surface area (Å²) in [5, 5.41) is 10.6. The summed E-state index contributed by atoms with van der Waals surface area (Å²) in [7, 11) is 0. The third kappa shape index (κ3) is 3.44. The predicted molar refractivity (Wildman–Crippen MR) is 101 cm³/mol. The number of hydrogen-bond acceptors (Lipinski definition) is 5. The summed E-state index contributed by atoms with van der Waals surface area (Å²) >= 11 is 1.62. The van der Waals surface area contributed by atoms with Crippen LogP contribution in [0.15, 0.2) is 72.6 Å². The largest absolute Gasteiger partial charge is 0.355 e. The van der Waals surface area contributed by atoms with Crippen molar-refractivity contribution in [2.75, 3.05) is 5.32 Å². The van der Waals surface area contributed by atoms with Gasteiger partial charge in [0, 0.05) is 10.9 Å². The fraction of sp³-hybridized carbons (Fsp3) is 0.105. The van der Waals surface area contributed by atoms with Crippen molar-refractivity contribution in [2.24, 2.45) is 0 Å². The molecule has 1 N–H and O–H groups in total. The van der Waals surface area contributed by atoms with E-state index in [1.165, 1.54) is 11.9 Å². The molecule has 1 atom stereocenters. The molecule has 0 aliphatic rings. The Morgan fingerprint density at radius 2 is 1.84 bits per heavy atom. The number of nitrogens with one attached hydrogen (secondary N) is 1. The number of nitrogens with zero attached hydrogens (tertiary/aromatic N) is 4. The van der Waals surface area contributed by atoms with Gasteiger partial charge in [-0.05, 0) is 24.6 Å². The lowest BCUT2D eigenvalue weighted by molar-refractivity contribution is 0.861. The quantitative estimate of drug-likeness (QED) is 0.575. The van der Waals surface area contributed by atoms with Crippen molar-refractivity contribution in [1.82, 2.24) is 19.7 Å². The summed E-state index contributed by atoms with van der Waals surface area (Å²) in [4.78, 5) is 8.66. The number of benzene rings is 2. The Morgan fingerprint density at radius 1 is 1.04 bits per heavy atom. The molecule has 1 unspecified atom stereocenters. The molecule has 4 rings (SSSR count). The zero-order valence-corrected chi connectivity index (χ0v) is 14.5. The van der Waals surface area contributed by atoms with Crippen molar-refractivity contribution in [2.45, 2.75) is 13.0 Å². The highest BCUT2D eigenvalue weighted by atomic mass is 32.1. The van der Waals surface area contributed by atoms with Crippen LogP contribution in [0, 0.1) is 0 Å². The number of aromatic nitrogens is 4. The van der Waals surface area contributed by atoms with E-state index in [9.17, 15) is 0 Å². The number of rotatable bonds is 5. The Morgan fingerprint density at radius 3 is 2.56 bits per heavy atom. The second-order valence-electron chi connectivity index (χ2n) is 5.70. The maximum atomic E-state index is 4.69. The van der Waals surface area contributed by atoms with E-state index in [2.05, 4.69) is 57.0 Å². The maximum Gasteiger partial charge on any atom is 0.183 e. The lowest BCUT2D eigenvalue weighted by atomic mass is 10.1. The molecule has 2 aromatic carbocycles. The van der Waals surface area contributed by atoms with E-state index in [1.54, 1.807) is 22.3 Å². The van der Waals surface area contributed by atoms with Gasteiger partial charge in [-0.1, -0.05) is 42.5 Å². The van der Waals surface area contributed by atoms with E-state index in [0.29, 0.717) is 0 Å². The molecular weight excluding hydrogens is 330 g/mol. The molecule has 6 heteroatoms. The zero-order valence-electron chi connectivity index (χ0n) is 13.7. The molecule has 2 heterocycles. The molecule has 5 nitrogen and oxygen atoms in total. The van der Waals surface area contributed by atoms with Crippen LogP contribution in [0.4, 0.5) is 5.13 Å². The van der Waals surface area contributed by atoms with E-state index in [1.807, 2.05) is 30.3 Å². The van der Waals surface area contributed by atoms with Gasteiger partial charge >= 0.3 is 0 Å². The van der Waals surface area contributed by atoms with E-state index in [0.717, 1.165) is 22.1 Å². The Kier molecular flexibility index (Phi) is 4.26. The van der Waals surface area contributed by atoms with Gasteiger partial charge in [-0.3, -0.25) is 0 Å². The van der Waals surface area contributed by atoms with Crippen LogP contribution in [0.2, 0.25) is 0 Å². The van der Waals surface area contributed by atoms with Gasteiger partial charge in [-0.25, -0.2) is 14.6 Å². The van der Waals surface area contributed by atoms with Gasteiger partial charge in [0.1, 0.15) is 12.7 Å². The Labute approximate surface area is 150 Å². The molecule has 0 spiro atoms. The van der Waals surface area contributed by atoms with Crippen molar-refractivity contribution in [3.8, 4) is 16.9 Å². The molecule has 0 saturated carbocycles. The Balaban J connectivity index is 1.47. The summed E-state index contributed by atoms with van der Waals surface area (Å²) < 4.78 is 1.74. The maximum absolute atomic E-state index is 4.69. The van der Waals surface area contributed by atoms with E-state index in [-0.39, 0.29) is 6.04 Å². The molecule has 4 aromatic rings. The SMILES string of the molecule is CC(Nc1nc(-c2ccccc2)cs1)c1ccc(-n2cncn2)cc1. The first-order chi connectivity index (χ1) is 12.3. The van der Waals surface area contributed by atoms with Crippen LogP contribution in [0.25, 0.3) is 16.9 Å². The van der Waals surface area contributed by atoms with E-state index >= 15 is 0 Å². The summed E-state index contributed by atoms with van der Waals surface area (Å²) in [5.41, 5.74) is 4.33. The molecule has 0 bridgehead atoms. The molecule has 0 radical (unpaired) electrons. The molecule has 0 aliphatic heterocycles. The van der Waals surface area contributed by atoms with Crippen LogP contribution in [-0.4, -0.2) is 19.7 Å². The highest BCUT2D eigenvalue weighted by Gasteiger charge is 2.09. The number of hydrogen-bond donors (Lipinski definition) is 1. The second kappa shape index (κ2) is 6.86. The van der Waals surface area contributed by atoms with Gasteiger partial charge in [0.2, 0.25) is 0 Å². The lowest BCUT2D eigenvalue weighted by Gasteiger charge is -2.13. The molecule has 0 amide bonds. The highest BCUT2D eigenvalue weighted by Crippen LogP contribution is 2.27. The van der Waals surface area contributed by atoms with Gasteiger partial charge in [-0.15, -0.1) is 11.3 Å². The highest BCUT2D eigenvalue weighted by molar-refractivity contribution is 7.14. The van der Waals surface area contributed by atoms with Crippen LogP contribution in [0.3, 0.4) is 0 Å². The first kappa shape index (κ1) is 15.5. The van der Waals surface area contributed by atoms with Gasteiger partial charge in [0.15, 0.2) is 5.13 Å². The first-order valence-corrected chi connectivity index (χ1v) is 8.90. The van der Waals surface area contributed by atoms with Crippen LogP contribution in [-0.2, 0) is 0 Å². The summed E-state index contributed by atoms with van der Waals surface area (Å²) in [6, 6.07) is 18.7. The number of anilines is 1. The second-order valence-corrected chi connectivity index (χ2v) is 6.56. The number of thiazole rings is 1. The molecule has 124 valence electrons. The average Bonchev–Trinajstić information content (AvgIpc) is 3.35. The minimum absolute atomic E-state index is 0.166. The first-order valence-electron chi connectivity index (χ1n) is 8.02. The van der Waals surface area contributed by atoms with Crippen LogP contribution >= 0.6 is 11.3 Å². The van der Waals surface area contributed by atoms with Crippen LogP contribution in [0.5, 0.6) is 0 Å². The smallest absolute Gasteiger partial charge is 0.183 e. The summed E-state index contributed by atoms with van der Waals surface area (Å²) in [6.07, 6.45) is 3.22. The van der Waals surface area contributed by atoms with Crippen LogP contribution in [0.1, 0.15) is 18.5 Å². The monoisotopic (exact) mass is 347 g/mol. The fourth-order valence-corrected chi connectivity index (χ4v) is 3.42. The van der Waals surface area contributed by atoms with Gasteiger partial charge in [0.05, 0.1) is 17.4 Å². The van der Waals surface area contributed by atoms with Crippen molar-refractivity contribution in [3.63, 3.8) is 0 Å². The molecule has 25 heavy (non-hydrogen) atoms. The van der Waals surface area contributed by atoms with Gasteiger partial charge < -0.3 is 5.32 Å². The fourth-order valence-electron chi connectivity index (χ4n) is 2.61. The minimum atomic E-state index is 0.166. The van der Waals surface area contributed by atoms with Crippen molar-refractivity contribution in [1.29, 1.82) is 0 Å². The van der Waals surface area contributed by atoms with Gasteiger partial charge in [-0.2, -0.15) is 5.10 Å². The standard InChI is InChI=1S/C19H17N5S/c1-14(15-7-9-17(10-8-15)24-13-20-12-21-24)22-19-23-18(11-25-19)16-5-3-2-4-6-16/h2-14H,1H3,(H,22,23). The van der Waals surface area contributed by atoms with E-state index in [4.69, 9.17) is 0 Å². The normalized spacial score (nSPS) is 12.0. The van der Waals surface area contributed by atoms with Gasteiger partial charge in [0.25, 0.3) is 0 Å².